The summed E-state index contributed by atoms with van der Waals surface area (Å²) < 4.78 is 18.4. The highest BCUT2D eigenvalue weighted by Crippen LogP contribution is 2.28. The lowest BCUT2D eigenvalue weighted by molar-refractivity contribution is 0.470. The number of nitrogens with two attached hydrogens (primary N) is 1. The molecule has 3 heteroatoms. The minimum absolute atomic E-state index is 0.105. The van der Waals surface area contributed by atoms with E-state index in [9.17, 15) is 4.39 Å². The first-order chi connectivity index (χ1) is 8.16. The molecule has 0 aromatic heterocycles. The van der Waals surface area contributed by atoms with Gasteiger partial charge in [-0.05, 0) is 37.3 Å². The van der Waals surface area contributed by atoms with E-state index >= 15 is 0 Å². The lowest BCUT2D eigenvalue weighted by Crippen LogP contribution is -2.06. The second-order valence-corrected chi connectivity index (χ2v) is 3.88. The lowest BCUT2D eigenvalue weighted by Gasteiger charge is -2.13. The minimum Gasteiger partial charge on any atom is -0.457 e. The normalized spacial score (nSPS) is 12.2. The van der Waals surface area contributed by atoms with Crippen molar-refractivity contribution in [3.05, 3.63) is 59.9 Å². The molecule has 2 nitrogen and oxygen atoms in total. The molecule has 0 amide bonds. The van der Waals surface area contributed by atoms with Gasteiger partial charge >= 0.3 is 0 Å². The van der Waals surface area contributed by atoms with Gasteiger partial charge in [0.05, 0.1) is 0 Å². The van der Waals surface area contributed by atoms with Gasteiger partial charge in [0.2, 0.25) is 0 Å². The molecule has 0 spiro atoms. The van der Waals surface area contributed by atoms with Gasteiger partial charge in [0, 0.05) is 11.6 Å². The summed E-state index contributed by atoms with van der Waals surface area (Å²) >= 11 is 0. The van der Waals surface area contributed by atoms with Crippen molar-refractivity contribution in [1.29, 1.82) is 0 Å². The molecular formula is C14H14FNO. The Morgan fingerprint density at radius 3 is 2.35 bits per heavy atom. The molecule has 0 unspecified atom stereocenters. The maximum absolute atomic E-state index is 12.8. The van der Waals surface area contributed by atoms with Crippen molar-refractivity contribution in [1.82, 2.24) is 0 Å². The first-order valence-electron chi connectivity index (χ1n) is 5.45. The molecule has 0 aliphatic carbocycles. The van der Waals surface area contributed by atoms with Gasteiger partial charge in [0.25, 0.3) is 0 Å². The minimum atomic E-state index is -0.280. The third kappa shape index (κ3) is 2.82. The van der Waals surface area contributed by atoms with Crippen LogP contribution < -0.4 is 10.5 Å². The average molecular weight is 231 g/mol. The highest BCUT2D eigenvalue weighted by molar-refractivity contribution is 5.39. The summed E-state index contributed by atoms with van der Waals surface area (Å²) in [5.74, 6) is 1.02. The second-order valence-electron chi connectivity index (χ2n) is 3.88. The number of para-hydroxylation sites is 1. The summed E-state index contributed by atoms with van der Waals surface area (Å²) in [6.07, 6.45) is 0. The summed E-state index contributed by atoms with van der Waals surface area (Å²) in [5.41, 5.74) is 6.78. The molecule has 0 fully saturated rings. The van der Waals surface area contributed by atoms with Gasteiger partial charge in [-0.1, -0.05) is 18.2 Å². The zero-order valence-corrected chi connectivity index (χ0v) is 9.56. The quantitative estimate of drug-likeness (QED) is 0.875. The van der Waals surface area contributed by atoms with Crippen LogP contribution >= 0.6 is 0 Å². The smallest absolute Gasteiger partial charge is 0.132 e. The molecule has 0 heterocycles. The van der Waals surface area contributed by atoms with Gasteiger partial charge in [-0.25, -0.2) is 4.39 Å². The zero-order valence-electron chi connectivity index (χ0n) is 9.56. The van der Waals surface area contributed by atoms with E-state index in [0.717, 1.165) is 5.56 Å². The summed E-state index contributed by atoms with van der Waals surface area (Å²) in [5, 5.41) is 0. The molecule has 0 bridgehead atoms. The first kappa shape index (κ1) is 11.6. The number of rotatable bonds is 3. The molecule has 2 aromatic carbocycles. The van der Waals surface area contributed by atoms with Crippen molar-refractivity contribution in [2.45, 2.75) is 13.0 Å². The van der Waals surface area contributed by atoms with Crippen LogP contribution in [0, 0.1) is 5.82 Å². The molecular weight excluding hydrogens is 217 g/mol. The van der Waals surface area contributed by atoms with Crippen molar-refractivity contribution < 1.29 is 9.13 Å². The summed E-state index contributed by atoms with van der Waals surface area (Å²) in [7, 11) is 0. The highest BCUT2D eigenvalue weighted by Gasteiger charge is 2.07. The highest BCUT2D eigenvalue weighted by atomic mass is 19.1. The maximum Gasteiger partial charge on any atom is 0.132 e. The van der Waals surface area contributed by atoms with E-state index in [2.05, 4.69) is 0 Å². The Bertz CT molecular complexity index is 494. The second kappa shape index (κ2) is 4.97. The Morgan fingerprint density at radius 1 is 1.06 bits per heavy atom. The van der Waals surface area contributed by atoms with Crippen molar-refractivity contribution in [3.63, 3.8) is 0 Å². The van der Waals surface area contributed by atoms with E-state index in [4.69, 9.17) is 10.5 Å². The van der Waals surface area contributed by atoms with Crippen LogP contribution in [-0.4, -0.2) is 0 Å². The molecule has 2 rings (SSSR count). The first-order valence-corrected chi connectivity index (χ1v) is 5.45. The fourth-order valence-electron chi connectivity index (χ4n) is 1.58. The zero-order chi connectivity index (χ0) is 12.3. The fourth-order valence-corrected chi connectivity index (χ4v) is 1.58. The summed E-state index contributed by atoms with van der Waals surface area (Å²) in [6.45, 7) is 1.90. The third-order valence-corrected chi connectivity index (χ3v) is 2.45. The largest absolute Gasteiger partial charge is 0.457 e. The number of hydrogen-bond donors (Lipinski definition) is 1. The lowest BCUT2D eigenvalue weighted by atomic mass is 10.1. The molecule has 0 aliphatic rings. The van der Waals surface area contributed by atoms with Crippen molar-refractivity contribution >= 4 is 0 Å². The Balaban J connectivity index is 2.26. The van der Waals surface area contributed by atoms with Crippen LogP contribution in [-0.2, 0) is 0 Å². The van der Waals surface area contributed by atoms with Crippen LogP contribution in [0.25, 0.3) is 0 Å². The van der Waals surface area contributed by atoms with Gasteiger partial charge in [-0.2, -0.15) is 0 Å². The van der Waals surface area contributed by atoms with Gasteiger partial charge in [0.15, 0.2) is 0 Å². The Kier molecular flexibility index (Phi) is 3.40. The van der Waals surface area contributed by atoms with E-state index in [1.54, 1.807) is 12.1 Å². The molecule has 88 valence electrons. The van der Waals surface area contributed by atoms with E-state index < -0.39 is 0 Å². The van der Waals surface area contributed by atoms with Crippen LogP contribution in [0.1, 0.15) is 18.5 Å². The molecule has 0 saturated heterocycles. The van der Waals surface area contributed by atoms with Crippen LogP contribution in [0.2, 0.25) is 0 Å². The molecule has 0 radical (unpaired) electrons. The monoisotopic (exact) mass is 231 g/mol. The maximum atomic E-state index is 12.8. The third-order valence-electron chi connectivity index (χ3n) is 2.45. The molecule has 0 saturated carbocycles. The predicted octanol–water partition coefficient (Wildman–Crippen LogP) is 3.64. The molecule has 1 atom stereocenters. The Labute approximate surface area is 99.8 Å². The molecule has 17 heavy (non-hydrogen) atoms. The molecule has 2 aromatic rings. The topological polar surface area (TPSA) is 35.2 Å². The van der Waals surface area contributed by atoms with Crippen molar-refractivity contribution in [3.8, 4) is 11.5 Å². The van der Waals surface area contributed by atoms with Gasteiger partial charge in [0.1, 0.15) is 17.3 Å². The fraction of sp³-hybridized carbons (Fsp3) is 0.143. The summed E-state index contributed by atoms with van der Waals surface area (Å²) in [6, 6.07) is 13.4. The van der Waals surface area contributed by atoms with Crippen molar-refractivity contribution in [2.24, 2.45) is 5.73 Å². The number of halogens is 1. The molecule has 2 N–H and O–H groups in total. The predicted molar refractivity (Wildman–Crippen MR) is 65.5 cm³/mol. The Morgan fingerprint density at radius 2 is 1.71 bits per heavy atom. The van der Waals surface area contributed by atoms with E-state index in [-0.39, 0.29) is 11.9 Å². The number of hydrogen-bond acceptors (Lipinski definition) is 2. The summed E-state index contributed by atoms with van der Waals surface area (Å²) in [4.78, 5) is 0. The van der Waals surface area contributed by atoms with Gasteiger partial charge in [-0.15, -0.1) is 0 Å². The van der Waals surface area contributed by atoms with Crippen LogP contribution in [0.5, 0.6) is 11.5 Å². The van der Waals surface area contributed by atoms with Crippen LogP contribution in [0.3, 0.4) is 0 Å². The van der Waals surface area contributed by atoms with E-state index in [1.165, 1.54) is 12.1 Å². The van der Waals surface area contributed by atoms with Crippen LogP contribution in [0.4, 0.5) is 4.39 Å². The standard InChI is InChI=1S/C14H14FNO/c1-10(16)13-4-2-3-5-14(13)17-12-8-6-11(15)7-9-12/h2-10H,16H2,1H3/t10-/m0/s1. The van der Waals surface area contributed by atoms with Crippen molar-refractivity contribution in [2.75, 3.05) is 0 Å². The number of ether oxygens (including phenoxy) is 1. The Hall–Kier alpha value is -1.87. The van der Waals surface area contributed by atoms with Gasteiger partial charge in [-0.3, -0.25) is 0 Å². The average Bonchev–Trinajstić information content (AvgIpc) is 2.32. The van der Waals surface area contributed by atoms with Crippen LogP contribution in [0.15, 0.2) is 48.5 Å². The van der Waals surface area contributed by atoms with Gasteiger partial charge < -0.3 is 10.5 Å². The SMILES string of the molecule is C[C@H](N)c1ccccc1Oc1ccc(F)cc1. The van der Waals surface area contributed by atoms with E-state index in [0.29, 0.717) is 11.5 Å². The van der Waals surface area contributed by atoms with E-state index in [1.807, 2.05) is 31.2 Å². The number of benzene rings is 2. The molecule has 0 aliphatic heterocycles.